The van der Waals surface area contributed by atoms with Crippen LogP contribution in [0.2, 0.25) is 0 Å². The maximum atomic E-state index is 12.7. The van der Waals surface area contributed by atoms with E-state index in [0.717, 1.165) is 19.5 Å². The van der Waals surface area contributed by atoms with Crippen molar-refractivity contribution < 1.29 is 4.79 Å². The average Bonchev–Trinajstić information content (AvgIpc) is 2.84. The lowest BCUT2D eigenvalue weighted by Gasteiger charge is -2.41. The summed E-state index contributed by atoms with van der Waals surface area (Å²) in [5.74, 6) is 0.160. The number of ketones is 1. The van der Waals surface area contributed by atoms with Gasteiger partial charge in [0.2, 0.25) is 5.78 Å². The Balaban J connectivity index is 2.22. The molecule has 0 radical (unpaired) electrons. The highest BCUT2D eigenvalue weighted by Crippen LogP contribution is 2.27. The maximum Gasteiger partial charge on any atom is 0.202 e. The normalized spacial score (nSPS) is 20.6. The van der Waals surface area contributed by atoms with Crippen LogP contribution in [0.1, 0.15) is 50.0 Å². The summed E-state index contributed by atoms with van der Waals surface area (Å²) in [6, 6.07) is 1.82. The van der Waals surface area contributed by atoms with E-state index in [0.29, 0.717) is 5.69 Å². The Bertz CT molecular complexity index is 420. The number of piperidine rings is 1. The molecule has 1 atom stereocenters. The SMILES string of the molecule is CCC(C)(C(=O)c1ccn(C)n1)N1CCCCC1. The first-order valence-corrected chi connectivity index (χ1v) is 6.87. The molecule has 1 fully saturated rings. The molecular formula is C14H23N3O. The molecule has 4 heteroatoms. The molecule has 4 nitrogen and oxygen atoms in total. The van der Waals surface area contributed by atoms with Crippen LogP contribution in [0.25, 0.3) is 0 Å². The van der Waals surface area contributed by atoms with Crippen LogP contribution in [-0.4, -0.2) is 39.1 Å². The monoisotopic (exact) mass is 249 g/mol. The maximum absolute atomic E-state index is 12.7. The van der Waals surface area contributed by atoms with Crippen molar-refractivity contribution in [3.63, 3.8) is 0 Å². The van der Waals surface area contributed by atoms with Gasteiger partial charge in [-0.05, 0) is 45.3 Å². The van der Waals surface area contributed by atoms with Gasteiger partial charge >= 0.3 is 0 Å². The molecule has 0 aromatic carbocycles. The third-order valence-corrected chi connectivity index (χ3v) is 4.18. The van der Waals surface area contributed by atoms with Crippen LogP contribution >= 0.6 is 0 Å². The van der Waals surface area contributed by atoms with Crippen molar-refractivity contribution in [3.05, 3.63) is 18.0 Å². The van der Waals surface area contributed by atoms with Gasteiger partial charge in [0.15, 0.2) is 0 Å². The zero-order valence-electron chi connectivity index (χ0n) is 11.6. The van der Waals surface area contributed by atoms with Crippen molar-refractivity contribution in [2.75, 3.05) is 13.1 Å². The standard InChI is InChI=1S/C14H23N3O/c1-4-14(2,17-9-6-5-7-10-17)13(18)12-8-11-16(3)15-12/h8,11H,4-7,9-10H2,1-3H3. The van der Waals surface area contributed by atoms with E-state index in [1.54, 1.807) is 4.68 Å². The highest BCUT2D eigenvalue weighted by atomic mass is 16.1. The molecule has 0 aliphatic carbocycles. The Hall–Kier alpha value is -1.16. The van der Waals surface area contributed by atoms with E-state index >= 15 is 0 Å². The van der Waals surface area contributed by atoms with Gasteiger partial charge in [-0.15, -0.1) is 0 Å². The molecule has 1 saturated heterocycles. The number of aryl methyl sites for hydroxylation is 1. The van der Waals surface area contributed by atoms with Crippen molar-refractivity contribution in [1.82, 2.24) is 14.7 Å². The van der Waals surface area contributed by atoms with Gasteiger partial charge in [0, 0.05) is 13.2 Å². The van der Waals surface area contributed by atoms with Crippen molar-refractivity contribution in [2.45, 2.75) is 45.1 Å². The van der Waals surface area contributed by atoms with E-state index in [1.165, 1.54) is 19.3 Å². The van der Waals surface area contributed by atoms with Crippen LogP contribution in [0.5, 0.6) is 0 Å². The topological polar surface area (TPSA) is 38.1 Å². The van der Waals surface area contributed by atoms with E-state index in [9.17, 15) is 4.79 Å². The number of carbonyl (C=O) groups excluding carboxylic acids is 1. The summed E-state index contributed by atoms with van der Waals surface area (Å²) >= 11 is 0. The summed E-state index contributed by atoms with van der Waals surface area (Å²) in [5.41, 5.74) is 0.196. The van der Waals surface area contributed by atoms with Gasteiger partial charge in [0.25, 0.3) is 0 Å². The molecule has 1 aromatic rings. The Morgan fingerprint density at radius 3 is 2.56 bits per heavy atom. The third-order valence-electron chi connectivity index (χ3n) is 4.18. The largest absolute Gasteiger partial charge is 0.291 e. The van der Waals surface area contributed by atoms with Crippen LogP contribution in [0.3, 0.4) is 0 Å². The molecule has 100 valence electrons. The second kappa shape index (κ2) is 5.22. The number of carbonyl (C=O) groups is 1. The fourth-order valence-electron chi connectivity index (χ4n) is 2.73. The Kier molecular flexibility index (Phi) is 3.85. The van der Waals surface area contributed by atoms with Crippen LogP contribution < -0.4 is 0 Å². The predicted octanol–water partition coefficient (Wildman–Crippen LogP) is 2.26. The second-order valence-corrected chi connectivity index (χ2v) is 5.38. The van der Waals surface area contributed by atoms with Gasteiger partial charge in [-0.1, -0.05) is 13.3 Å². The molecule has 1 unspecified atom stereocenters. The van der Waals surface area contributed by atoms with Crippen LogP contribution in [0.15, 0.2) is 12.3 Å². The molecule has 2 heterocycles. The first-order valence-electron chi connectivity index (χ1n) is 6.87. The Morgan fingerprint density at radius 2 is 2.06 bits per heavy atom. The lowest BCUT2D eigenvalue weighted by atomic mass is 9.87. The number of likely N-dealkylation sites (tertiary alicyclic amines) is 1. The number of hydrogen-bond donors (Lipinski definition) is 0. The lowest BCUT2D eigenvalue weighted by Crippen LogP contribution is -2.54. The number of aromatic nitrogens is 2. The minimum atomic E-state index is -0.394. The number of hydrogen-bond acceptors (Lipinski definition) is 3. The summed E-state index contributed by atoms with van der Waals surface area (Å²) in [4.78, 5) is 15.0. The molecule has 0 saturated carbocycles. The highest BCUT2D eigenvalue weighted by molar-refractivity contribution is 6.01. The van der Waals surface area contributed by atoms with Gasteiger partial charge in [0.1, 0.15) is 5.69 Å². The molecule has 1 aromatic heterocycles. The molecular weight excluding hydrogens is 226 g/mol. The molecule has 18 heavy (non-hydrogen) atoms. The molecule has 0 N–H and O–H groups in total. The molecule has 0 bridgehead atoms. The van der Waals surface area contributed by atoms with Gasteiger partial charge < -0.3 is 0 Å². The zero-order valence-corrected chi connectivity index (χ0v) is 11.6. The Labute approximate surface area is 109 Å². The average molecular weight is 249 g/mol. The minimum absolute atomic E-state index is 0.160. The molecule has 0 spiro atoms. The van der Waals surface area contributed by atoms with Crippen molar-refractivity contribution >= 4 is 5.78 Å². The highest BCUT2D eigenvalue weighted by Gasteiger charge is 2.39. The van der Waals surface area contributed by atoms with Gasteiger partial charge in [-0.3, -0.25) is 14.4 Å². The summed E-state index contributed by atoms with van der Waals surface area (Å²) < 4.78 is 1.69. The van der Waals surface area contributed by atoms with Crippen LogP contribution in [0.4, 0.5) is 0 Å². The fraction of sp³-hybridized carbons (Fsp3) is 0.714. The molecule has 2 rings (SSSR count). The van der Waals surface area contributed by atoms with E-state index in [4.69, 9.17) is 0 Å². The predicted molar refractivity (Wildman–Crippen MR) is 71.7 cm³/mol. The van der Waals surface area contributed by atoms with E-state index in [2.05, 4.69) is 23.8 Å². The van der Waals surface area contributed by atoms with Crippen molar-refractivity contribution in [3.8, 4) is 0 Å². The number of Topliss-reactive ketones (excluding diaryl/α,β-unsaturated/α-hetero) is 1. The van der Waals surface area contributed by atoms with Crippen LogP contribution in [0, 0.1) is 0 Å². The lowest BCUT2D eigenvalue weighted by molar-refractivity contribution is 0.0500. The second-order valence-electron chi connectivity index (χ2n) is 5.38. The first kappa shape index (κ1) is 13.3. The summed E-state index contributed by atoms with van der Waals surface area (Å²) in [7, 11) is 1.85. The van der Waals surface area contributed by atoms with Crippen molar-refractivity contribution in [1.29, 1.82) is 0 Å². The number of rotatable bonds is 4. The summed E-state index contributed by atoms with van der Waals surface area (Å²) in [5, 5.41) is 4.26. The fourth-order valence-corrected chi connectivity index (χ4v) is 2.73. The summed E-state index contributed by atoms with van der Waals surface area (Å²) in [6.45, 7) is 6.22. The third kappa shape index (κ3) is 2.34. The minimum Gasteiger partial charge on any atom is -0.291 e. The van der Waals surface area contributed by atoms with Crippen LogP contribution in [-0.2, 0) is 7.05 Å². The number of nitrogens with zero attached hydrogens (tertiary/aromatic N) is 3. The van der Waals surface area contributed by atoms with Gasteiger partial charge in [-0.2, -0.15) is 5.10 Å². The van der Waals surface area contributed by atoms with E-state index in [1.807, 2.05) is 19.3 Å². The van der Waals surface area contributed by atoms with Crippen molar-refractivity contribution in [2.24, 2.45) is 7.05 Å². The van der Waals surface area contributed by atoms with Gasteiger partial charge in [-0.25, -0.2) is 0 Å². The smallest absolute Gasteiger partial charge is 0.202 e. The van der Waals surface area contributed by atoms with Gasteiger partial charge in [0.05, 0.1) is 5.54 Å². The Morgan fingerprint density at radius 1 is 1.39 bits per heavy atom. The quantitative estimate of drug-likeness (QED) is 0.768. The molecule has 1 aliphatic heterocycles. The first-order chi connectivity index (χ1) is 8.58. The van der Waals surface area contributed by atoms with E-state index in [-0.39, 0.29) is 5.78 Å². The summed E-state index contributed by atoms with van der Waals surface area (Å²) in [6.07, 6.45) is 6.35. The molecule has 1 aliphatic rings. The van der Waals surface area contributed by atoms with E-state index < -0.39 is 5.54 Å². The molecule has 0 amide bonds. The zero-order chi connectivity index (χ0) is 13.2.